The van der Waals surface area contributed by atoms with Gasteiger partial charge in [0.1, 0.15) is 17.2 Å². The van der Waals surface area contributed by atoms with Crippen LogP contribution in [0.3, 0.4) is 0 Å². The molecule has 7 nitrogen and oxygen atoms in total. The molecule has 1 aromatic carbocycles. The summed E-state index contributed by atoms with van der Waals surface area (Å²) >= 11 is 0. The molecule has 0 atom stereocenters. The number of nitrogens with one attached hydrogen (secondary N) is 1. The summed E-state index contributed by atoms with van der Waals surface area (Å²) in [6.45, 7) is 0. The number of aryl methyl sites for hydroxylation is 1. The molecule has 0 spiro atoms. The third-order valence-electron chi connectivity index (χ3n) is 3.31. The summed E-state index contributed by atoms with van der Waals surface area (Å²) < 4.78 is 16.8. The number of hydrogen-bond donors (Lipinski definition) is 1. The van der Waals surface area contributed by atoms with Crippen LogP contribution in [0.2, 0.25) is 0 Å². The molecule has 122 valence electrons. The maximum Gasteiger partial charge on any atom is 0.272 e. The van der Waals surface area contributed by atoms with Crippen molar-refractivity contribution in [1.82, 2.24) is 4.57 Å². The van der Waals surface area contributed by atoms with Crippen LogP contribution in [0.25, 0.3) is 0 Å². The average Bonchev–Trinajstić information content (AvgIpc) is 2.56. The van der Waals surface area contributed by atoms with E-state index in [1.165, 1.54) is 31.0 Å². The molecule has 2 rings (SSSR count). The molecule has 0 aliphatic carbocycles. The van der Waals surface area contributed by atoms with Crippen molar-refractivity contribution in [2.45, 2.75) is 0 Å². The standard InChI is InChI=1S/C16H18N2O5/c1-18-9-15(23-4)13(19)8-12(18)16(20)17-11-6-5-10(21-2)7-14(11)22-3/h5-9H,1-4H3,(H,17,20). The highest BCUT2D eigenvalue weighted by atomic mass is 16.5. The molecule has 1 heterocycles. The van der Waals surface area contributed by atoms with E-state index in [4.69, 9.17) is 14.2 Å². The predicted octanol–water partition coefficient (Wildman–Crippen LogP) is 1.66. The lowest BCUT2D eigenvalue weighted by Crippen LogP contribution is -2.21. The number of benzene rings is 1. The molecule has 2 aromatic rings. The highest BCUT2D eigenvalue weighted by molar-refractivity contribution is 6.04. The summed E-state index contributed by atoms with van der Waals surface area (Å²) in [7, 11) is 6.09. The molecular weight excluding hydrogens is 300 g/mol. The summed E-state index contributed by atoms with van der Waals surface area (Å²) in [6, 6.07) is 6.25. The molecule has 0 saturated heterocycles. The van der Waals surface area contributed by atoms with E-state index in [0.717, 1.165) is 0 Å². The van der Waals surface area contributed by atoms with Crippen LogP contribution >= 0.6 is 0 Å². The van der Waals surface area contributed by atoms with Crippen molar-refractivity contribution in [3.8, 4) is 17.2 Å². The average molecular weight is 318 g/mol. The van der Waals surface area contributed by atoms with E-state index in [9.17, 15) is 9.59 Å². The van der Waals surface area contributed by atoms with Gasteiger partial charge in [0.25, 0.3) is 5.91 Å². The highest BCUT2D eigenvalue weighted by Crippen LogP contribution is 2.29. The van der Waals surface area contributed by atoms with Gasteiger partial charge in [0, 0.05) is 19.2 Å². The summed E-state index contributed by atoms with van der Waals surface area (Å²) in [5.41, 5.74) is 0.313. The van der Waals surface area contributed by atoms with Crippen LogP contribution in [0.4, 0.5) is 5.69 Å². The number of amides is 1. The van der Waals surface area contributed by atoms with Crippen LogP contribution in [0.1, 0.15) is 10.5 Å². The number of aromatic nitrogens is 1. The first-order valence-electron chi connectivity index (χ1n) is 6.78. The van der Waals surface area contributed by atoms with Crippen molar-refractivity contribution in [3.05, 3.63) is 46.4 Å². The third kappa shape index (κ3) is 3.45. The molecule has 7 heteroatoms. The first-order valence-corrected chi connectivity index (χ1v) is 6.78. The lowest BCUT2D eigenvalue weighted by atomic mass is 10.2. The molecule has 0 fully saturated rings. The molecule has 1 amide bonds. The van der Waals surface area contributed by atoms with Crippen LogP contribution in [0.5, 0.6) is 17.2 Å². The third-order valence-corrected chi connectivity index (χ3v) is 3.31. The maximum atomic E-state index is 12.4. The molecule has 0 aliphatic heterocycles. The normalized spacial score (nSPS) is 10.1. The van der Waals surface area contributed by atoms with Crippen molar-refractivity contribution in [3.63, 3.8) is 0 Å². The number of rotatable bonds is 5. The van der Waals surface area contributed by atoms with Gasteiger partial charge in [-0.3, -0.25) is 9.59 Å². The second-order valence-electron chi connectivity index (χ2n) is 4.72. The van der Waals surface area contributed by atoms with E-state index in [1.54, 1.807) is 32.4 Å². The lowest BCUT2D eigenvalue weighted by molar-refractivity contribution is 0.101. The monoisotopic (exact) mass is 318 g/mol. The van der Waals surface area contributed by atoms with Crippen LogP contribution in [0, 0.1) is 0 Å². The molecule has 0 aliphatic rings. The van der Waals surface area contributed by atoms with Crippen molar-refractivity contribution in [2.75, 3.05) is 26.6 Å². The van der Waals surface area contributed by atoms with Crippen LogP contribution < -0.4 is 25.0 Å². The number of carbonyl (C=O) groups excluding carboxylic acids is 1. The molecule has 1 aromatic heterocycles. The zero-order valence-electron chi connectivity index (χ0n) is 13.4. The molecule has 0 unspecified atom stereocenters. The summed E-state index contributed by atoms with van der Waals surface area (Å²) in [4.78, 5) is 24.2. The van der Waals surface area contributed by atoms with E-state index < -0.39 is 5.91 Å². The fraction of sp³-hybridized carbons (Fsp3) is 0.250. The molecule has 23 heavy (non-hydrogen) atoms. The van der Waals surface area contributed by atoms with Gasteiger partial charge in [-0.2, -0.15) is 0 Å². The van der Waals surface area contributed by atoms with Crippen LogP contribution in [-0.2, 0) is 7.05 Å². The van der Waals surface area contributed by atoms with Gasteiger partial charge in [-0.25, -0.2) is 0 Å². The Labute approximate surface area is 133 Å². The van der Waals surface area contributed by atoms with Gasteiger partial charge in [0.2, 0.25) is 5.43 Å². The summed E-state index contributed by atoms with van der Waals surface area (Å²) in [5, 5.41) is 2.71. The maximum absolute atomic E-state index is 12.4. The number of ether oxygens (including phenoxy) is 3. The van der Waals surface area contributed by atoms with Gasteiger partial charge in [-0.15, -0.1) is 0 Å². The first kappa shape index (κ1) is 16.4. The number of anilines is 1. The Hall–Kier alpha value is -2.96. The minimum Gasteiger partial charge on any atom is -0.497 e. The second-order valence-corrected chi connectivity index (χ2v) is 4.72. The van der Waals surface area contributed by atoms with Crippen LogP contribution in [-0.4, -0.2) is 31.8 Å². The Kier molecular flexibility index (Phi) is 4.90. The number of carbonyl (C=O) groups is 1. The Balaban J connectivity index is 2.33. The molecule has 0 radical (unpaired) electrons. The summed E-state index contributed by atoms with van der Waals surface area (Å²) in [6.07, 6.45) is 1.46. The minimum atomic E-state index is -0.435. The smallest absolute Gasteiger partial charge is 0.272 e. The number of pyridine rings is 1. The molecular formula is C16H18N2O5. The second kappa shape index (κ2) is 6.87. The first-order chi connectivity index (χ1) is 11.0. The molecule has 0 saturated carbocycles. The van der Waals surface area contributed by atoms with Gasteiger partial charge in [0.15, 0.2) is 5.75 Å². The fourth-order valence-corrected chi connectivity index (χ4v) is 2.07. The van der Waals surface area contributed by atoms with Crippen molar-refractivity contribution >= 4 is 11.6 Å². The van der Waals surface area contributed by atoms with E-state index in [-0.39, 0.29) is 16.9 Å². The van der Waals surface area contributed by atoms with Crippen LogP contribution in [0.15, 0.2) is 35.3 Å². The van der Waals surface area contributed by atoms with Crippen molar-refractivity contribution in [1.29, 1.82) is 0 Å². The van der Waals surface area contributed by atoms with E-state index >= 15 is 0 Å². The zero-order valence-corrected chi connectivity index (χ0v) is 13.4. The van der Waals surface area contributed by atoms with Crippen molar-refractivity contribution in [2.24, 2.45) is 7.05 Å². The van der Waals surface area contributed by atoms with Gasteiger partial charge < -0.3 is 24.1 Å². The summed E-state index contributed by atoms with van der Waals surface area (Å²) in [5.74, 6) is 0.801. The minimum absolute atomic E-state index is 0.172. The molecule has 1 N–H and O–H groups in total. The van der Waals surface area contributed by atoms with Gasteiger partial charge in [-0.05, 0) is 12.1 Å². The van der Waals surface area contributed by atoms with Gasteiger partial charge in [-0.1, -0.05) is 0 Å². The Morgan fingerprint density at radius 3 is 2.35 bits per heavy atom. The van der Waals surface area contributed by atoms with Gasteiger partial charge in [0.05, 0.1) is 33.2 Å². The lowest BCUT2D eigenvalue weighted by Gasteiger charge is -2.13. The van der Waals surface area contributed by atoms with E-state index in [1.807, 2.05) is 0 Å². The quantitative estimate of drug-likeness (QED) is 0.907. The Morgan fingerprint density at radius 1 is 1.04 bits per heavy atom. The number of hydrogen-bond acceptors (Lipinski definition) is 5. The SMILES string of the molecule is COc1ccc(NC(=O)c2cc(=O)c(OC)cn2C)c(OC)c1. The Bertz CT molecular complexity index is 783. The van der Waals surface area contributed by atoms with Crippen molar-refractivity contribution < 1.29 is 19.0 Å². The van der Waals surface area contributed by atoms with E-state index in [0.29, 0.717) is 17.2 Å². The topological polar surface area (TPSA) is 78.8 Å². The highest BCUT2D eigenvalue weighted by Gasteiger charge is 2.15. The molecule has 0 bridgehead atoms. The largest absolute Gasteiger partial charge is 0.497 e. The predicted molar refractivity (Wildman–Crippen MR) is 85.7 cm³/mol. The number of methoxy groups -OCH3 is 3. The van der Waals surface area contributed by atoms with Gasteiger partial charge >= 0.3 is 0 Å². The zero-order chi connectivity index (χ0) is 17.0. The fourth-order valence-electron chi connectivity index (χ4n) is 2.07. The number of nitrogens with zero attached hydrogens (tertiary/aromatic N) is 1. The van der Waals surface area contributed by atoms with E-state index in [2.05, 4.69) is 5.32 Å². The Morgan fingerprint density at radius 2 is 1.74 bits per heavy atom.